The van der Waals surface area contributed by atoms with Crippen molar-refractivity contribution in [2.24, 2.45) is 0 Å². The summed E-state index contributed by atoms with van der Waals surface area (Å²) in [7, 11) is -5.55. The topological polar surface area (TPSA) is 57.6 Å². The van der Waals surface area contributed by atoms with E-state index in [9.17, 15) is 21.6 Å². The van der Waals surface area contributed by atoms with Crippen LogP contribution in [0.2, 0.25) is 0 Å². The lowest BCUT2D eigenvalue weighted by molar-refractivity contribution is -0.0748. The van der Waals surface area contributed by atoms with Crippen molar-refractivity contribution in [2.75, 3.05) is 6.54 Å². The predicted octanol–water partition coefficient (Wildman–Crippen LogP) is 0.937. The van der Waals surface area contributed by atoms with Gasteiger partial charge in [-0.15, -0.1) is 0 Å². The minimum Gasteiger partial charge on any atom is -0.299 e. The molecule has 8 heteroatoms. The van der Waals surface area contributed by atoms with E-state index >= 15 is 0 Å². The highest BCUT2D eigenvalue weighted by atomic mass is 32.2. The van der Waals surface area contributed by atoms with Gasteiger partial charge in [0.25, 0.3) is 0 Å². The van der Waals surface area contributed by atoms with Gasteiger partial charge >= 0.3 is 15.5 Å². The molecule has 0 heterocycles. The molecule has 0 aromatic carbocycles. The summed E-state index contributed by atoms with van der Waals surface area (Å²) in [6.45, 7) is 0.872. The van der Waals surface area contributed by atoms with Crippen LogP contribution in [-0.2, 0) is 10.0 Å². The molecule has 0 radical (unpaired) electrons. The van der Waals surface area contributed by atoms with Gasteiger partial charge in [-0.1, -0.05) is 11.4 Å². The highest BCUT2D eigenvalue weighted by molar-refractivity contribution is 7.89. The number of rotatable bonds is 3. The Morgan fingerprint density at radius 3 is 2.08 bits per heavy atom. The molecular formula is C4H8F3NO3S. The second-order valence-electron chi connectivity index (χ2n) is 2.00. The third kappa shape index (κ3) is 2.32. The summed E-state index contributed by atoms with van der Waals surface area (Å²) in [6, 6.07) is 0. The first-order chi connectivity index (χ1) is 5.23. The minimum absolute atomic E-state index is 0.103. The quantitative estimate of drug-likeness (QED) is 0.700. The van der Waals surface area contributed by atoms with E-state index in [2.05, 4.69) is 0 Å². The number of sulfonamides is 1. The van der Waals surface area contributed by atoms with Crippen molar-refractivity contribution in [1.82, 2.24) is 4.47 Å². The Kier molecular flexibility index (Phi) is 3.48. The minimum atomic E-state index is -5.55. The van der Waals surface area contributed by atoms with Crippen LogP contribution in [0.3, 0.4) is 0 Å². The number of hydrogen-bond acceptors (Lipinski definition) is 3. The Morgan fingerprint density at radius 1 is 1.42 bits per heavy atom. The van der Waals surface area contributed by atoms with Crippen molar-refractivity contribution < 1.29 is 26.8 Å². The van der Waals surface area contributed by atoms with E-state index in [-0.39, 0.29) is 6.42 Å². The number of halogens is 3. The van der Waals surface area contributed by atoms with Crippen LogP contribution in [0.25, 0.3) is 0 Å². The smallest absolute Gasteiger partial charge is 0.299 e. The maximum Gasteiger partial charge on any atom is 0.513 e. The standard InChI is InChI=1S/C4H8F3NO3S/c1-2-3-8(9)12(10,11)4(5,6)7/h9H,2-3H2,1H3. The van der Waals surface area contributed by atoms with Crippen LogP contribution in [0.5, 0.6) is 0 Å². The van der Waals surface area contributed by atoms with Crippen LogP contribution in [0.15, 0.2) is 0 Å². The Hall–Kier alpha value is -0.340. The fraction of sp³-hybridized carbons (Fsp3) is 1.00. The van der Waals surface area contributed by atoms with E-state index in [0.29, 0.717) is 0 Å². The maximum absolute atomic E-state index is 11.6. The van der Waals surface area contributed by atoms with Crippen molar-refractivity contribution in [2.45, 2.75) is 18.9 Å². The van der Waals surface area contributed by atoms with Crippen molar-refractivity contribution in [3.63, 3.8) is 0 Å². The van der Waals surface area contributed by atoms with E-state index in [1.54, 1.807) is 0 Å². The molecule has 74 valence electrons. The van der Waals surface area contributed by atoms with Crippen molar-refractivity contribution in [1.29, 1.82) is 0 Å². The van der Waals surface area contributed by atoms with Gasteiger partial charge < -0.3 is 0 Å². The van der Waals surface area contributed by atoms with Gasteiger partial charge in [0.05, 0.1) is 0 Å². The van der Waals surface area contributed by atoms with E-state index in [1.165, 1.54) is 6.92 Å². The normalized spacial score (nSPS) is 13.8. The summed E-state index contributed by atoms with van der Waals surface area (Å²) in [6.07, 6.45) is 0.103. The SMILES string of the molecule is CCCN(O)S(=O)(=O)C(F)(F)F. The second kappa shape index (κ2) is 3.58. The summed E-state index contributed by atoms with van der Waals surface area (Å²) in [5, 5.41) is 8.44. The van der Waals surface area contributed by atoms with E-state index in [0.717, 1.165) is 0 Å². The van der Waals surface area contributed by atoms with Gasteiger partial charge in [0.2, 0.25) is 0 Å². The molecule has 0 aliphatic heterocycles. The molecule has 0 aromatic rings. The maximum atomic E-state index is 11.6. The van der Waals surface area contributed by atoms with Crippen LogP contribution >= 0.6 is 0 Å². The van der Waals surface area contributed by atoms with Crippen LogP contribution in [0.4, 0.5) is 13.2 Å². The van der Waals surface area contributed by atoms with Crippen molar-refractivity contribution >= 4 is 10.0 Å². The lowest BCUT2D eigenvalue weighted by Gasteiger charge is -2.15. The summed E-state index contributed by atoms with van der Waals surface area (Å²) in [4.78, 5) is 0. The van der Waals surface area contributed by atoms with E-state index in [4.69, 9.17) is 5.21 Å². The molecule has 0 unspecified atom stereocenters. The first-order valence-electron chi connectivity index (χ1n) is 3.01. The summed E-state index contributed by atoms with van der Waals surface area (Å²) < 4.78 is 54.7. The fourth-order valence-electron chi connectivity index (χ4n) is 0.431. The number of alkyl halides is 3. The molecular weight excluding hydrogens is 199 g/mol. The van der Waals surface area contributed by atoms with Gasteiger partial charge in [-0.3, -0.25) is 5.21 Å². The average Bonchev–Trinajstić information content (AvgIpc) is 1.85. The van der Waals surface area contributed by atoms with E-state index < -0.39 is 26.5 Å². The molecule has 0 bridgehead atoms. The molecule has 4 nitrogen and oxygen atoms in total. The molecule has 0 spiro atoms. The molecule has 0 saturated carbocycles. The van der Waals surface area contributed by atoms with Gasteiger partial charge in [-0.25, -0.2) is 8.42 Å². The molecule has 0 amide bonds. The highest BCUT2D eigenvalue weighted by Gasteiger charge is 2.49. The molecule has 0 aromatic heterocycles. The third-order valence-electron chi connectivity index (χ3n) is 0.985. The van der Waals surface area contributed by atoms with Gasteiger partial charge in [0.15, 0.2) is 0 Å². The van der Waals surface area contributed by atoms with Crippen molar-refractivity contribution in [3.05, 3.63) is 0 Å². The predicted molar refractivity (Wildman–Crippen MR) is 33.8 cm³/mol. The summed E-state index contributed by atoms with van der Waals surface area (Å²) >= 11 is 0. The van der Waals surface area contributed by atoms with Crippen LogP contribution in [0, 0.1) is 0 Å². The Balaban J connectivity index is 4.64. The molecule has 12 heavy (non-hydrogen) atoms. The van der Waals surface area contributed by atoms with Crippen LogP contribution in [-0.4, -0.2) is 30.1 Å². The lowest BCUT2D eigenvalue weighted by atomic mass is 10.5. The highest BCUT2D eigenvalue weighted by Crippen LogP contribution is 2.25. The lowest BCUT2D eigenvalue weighted by Crippen LogP contribution is -2.38. The molecule has 0 rings (SSSR count). The first kappa shape index (κ1) is 11.7. The third-order valence-corrected chi connectivity index (χ3v) is 2.31. The molecule has 0 fully saturated rings. The second-order valence-corrected chi connectivity index (χ2v) is 3.83. The Bertz CT molecular complexity index is 234. The molecule has 1 N–H and O–H groups in total. The molecule has 0 saturated heterocycles. The van der Waals surface area contributed by atoms with Crippen molar-refractivity contribution in [3.8, 4) is 0 Å². The number of hydrogen-bond donors (Lipinski definition) is 1. The van der Waals surface area contributed by atoms with Gasteiger partial charge in [0, 0.05) is 6.54 Å². The zero-order valence-corrected chi connectivity index (χ0v) is 6.98. The monoisotopic (exact) mass is 207 g/mol. The Labute approximate surface area is 67.6 Å². The fourth-order valence-corrected chi connectivity index (χ4v) is 1.09. The average molecular weight is 207 g/mol. The number of nitrogens with zero attached hydrogens (tertiary/aromatic N) is 1. The number of hydroxylamine groups is 1. The first-order valence-corrected chi connectivity index (χ1v) is 4.45. The molecule has 0 atom stereocenters. The summed E-state index contributed by atoms with van der Waals surface area (Å²) in [5.41, 5.74) is -5.43. The van der Waals surface area contributed by atoms with Gasteiger partial charge in [-0.2, -0.15) is 13.2 Å². The largest absolute Gasteiger partial charge is 0.513 e. The van der Waals surface area contributed by atoms with E-state index in [1.807, 2.05) is 0 Å². The molecule has 0 aliphatic carbocycles. The Morgan fingerprint density at radius 2 is 1.83 bits per heavy atom. The van der Waals surface area contributed by atoms with Crippen LogP contribution < -0.4 is 0 Å². The molecule has 0 aliphatic rings. The zero-order valence-electron chi connectivity index (χ0n) is 6.17. The van der Waals surface area contributed by atoms with Gasteiger partial charge in [-0.05, 0) is 6.42 Å². The zero-order chi connectivity index (χ0) is 9.99. The van der Waals surface area contributed by atoms with Crippen LogP contribution in [0.1, 0.15) is 13.3 Å². The summed E-state index contributed by atoms with van der Waals surface area (Å²) in [5.74, 6) is 0. The van der Waals surface area contributed by atoms with Gasteiger partial charge in [0.1, 0.15) is 0 Å².